The summed E-state index contributed by atoms with van der Waals surface area (Å²) in [5.41, 5.74) is 0.695. The fourth-order valence-electron chi connectivity index (χ4n) is 0.979. The maximum absolute atomic E-state index is 10.2. The molecule has 0 fully saturated rings. The van der Waals surface area contributed by atoms with Crippen molar-refractivity contribution in [2.24, 2.45) is 0 Å². The number of nitro groups is 1. The average molecular weight is 191 g/mol. The Bertz CT molecular complexity index is 452. The van der Waals surface area contributed by atoms with Crippen molar-refractivity contribution in [1.29, 1.82) is 0 Å². The SMILES string of the molecule is O=[N+]([O-])n1nnc(-c2ccccc2)n1. The monoisotopic (exact) mass is 191 g/mol. The molecule has 0 aliphatic heterocycles. The van der Waals surface area contributed by atoms with Crippen molar-refractivity contribution in [3.05, 3.63) is 40.4 Å². The molecule has 1 heterocycles. The largest absolute Gasteiger partial charge is 0.372 e. The van der Waals surface area contributed by atoms with Crippen LogP contribution >= 0.6 is 0 Å². The minimum atomic E-state index is -0.751. The molecule has 0 amide bonds. The molecule has 0 aliphatic rings. The van der Waals surface area contributed by atoms with Crippen molar-refractivity contribution in [3.63, 3.8) is 0 Å². The minimum Gasteiger partial charge on any atom is -0.372 e. The molecule has 2 rings (SSSR count). The molecule has 0 unspecified atom stereocenters. The summed E-state index contributed by atoms with van der Waals surface area (Å²) in [5.74, 6) is 0.238. The third kappa shape index (κ3) is 1.42. The van der Waals surface area contributed by atoms with Crippen LogP contribution in [-0.4, -0.2) is 25.3 Å². The quantitative estimate of drug-likeness (QED) is 0.505. The van der Waals surface area contributed by atoms with Gasteiger partial charge in [-0.05, 0) is 17.2 Å². The molecule has 0 saturated carbocycles. The average Bonchev–Trinajstić information content (AvgIpc) is 2.68. The number of tetrazole rings is 1. The molecule has 1 aromatic heterocycles. The fourth-order valence-corrected chi connectivity index (χ4v) is 0.979. The van der Waals surface area contributed by atoms with Crippen LogP contribution in [0.3, 0.4) is 0 Å². The highest BCUT2D eigenvalue weighted by atomic mass is 16.7. The first-order chi connectivity index (χ1) is 6.77. The molecule has 7 nitrogen and oxygen atoms in total. The number of hydrogen-bond acceptors (Lipinski definition) is 5. The lowest BCUT2D eigenvalue weighted by Gasteiger charge is -1.87. The first-order valence-electron chi connectivity index (χ1n) is 3.77. The third-order valence-electron chi connectivity index (χ3n) is 1.58. The summed E-state index contributed by atoms with van der Waals surface area (Å²) in [6, 6.07) is 8.93. The first-order valence-corrected chi connectivity index (χ1v) is 3.77. The van der Waals surface area contributed by atoms with E-state index in [1.54, 1.807) is 24.3 Å². The van der Waals surface area contributed by atoms with Gasteiger partial charge in [-0.25, -0.2) is 0 Å². The van der Waals surface area contributed by atoms with Gasteiger partial charge in [-0.1, -0.05) is 18.2 Å². The van der Waals surface area contributed by atoms with Crippen molar-refractivity contribution in [2.75, 3.05) is 0 Å². The van der Waals surface area contributed by atoms with E-state index in [0.717, 1.165) is 0 Å². The molecule has 2 aromatic rings. The number of benzene rings is 1. The Hall–Kier alpha value is -2.31. The Kier molecular flexibility index (Phi) is 1.90. The molecule has 0 saturated heterocycles. The number of aromatic nitrogens is 4. The highest BCUT2D eigenvalue weighted by Gasteiger charge is 2.13. The summed E-state index contributed by atoms with van der Waals surface area (Å²) in [6.07, 6.45) is 0. The van der Waals surface area contributed by atoms with Crippen LogP contribution < -0.4 is 0 Å². The van der Waals surface area contributed by atoms with Crippen LogP contribution in [0.5, 0.6) is 0 Å². The molecular weight excluding hydrogens is 186 g/mol. The molecule has 0 spiro atoms. The molecule has 1 aromatic carbocycles. The van der Waals surface area contributed by atoms with Gasteiger partial charge < -0.3 is 10.1 Å². The highest BCUT2D eigenvalue weighted by molar-refractivity contribution is 5.52. The van der Waals surface area contributed by atoms with E-state index in [4.69, 9.17) is 0 Å². The molecule has 70 valence electrons. The van der Waals surface area contributed by atoms with Gasteiger partial charge in [-0.3, -0.25) is 0 Å². The Balaban J connectivity index is 2.39. The maximum atomic E-state index is 10.2. The zero-order valence-corrected chi connectivity index (χ0v) is 6.94. The van der Waals surface area contributed by atoms with Crippen LogP contribution in [0, 0.1) is 10.1 Å². The first kappa shape index (κ1) is 8.30. The van der Waals surface area contributed by atoms with Crippen LogP contribution in [-0.2, 0) is 0 Å². The van der Waals surface area contributed by atoms with E-state index in [1.165, 1.54) is 0 Å². The zero-order valence-electron chi connectivity index (χ0n) is 6.94. The Morgan fingerprint density at radius 2 is 2.00 bits per heavy atom. The Morgan fingerprint density at radius 3 is 2.57 bits per heavy atom. The molecule has 0 bridgehead atoms. The number of nitrogens with zero attached hydrogens (tertiary/aromatic N) is 5. The van der Waals surface area contributed by atoms with Gasteiger partial charge in [0.2, 0.25) is 0 Å². The van der Waals surface area contributed by atoms with Crippen LogP contribution in [0.25, 0.3) is 11.4 Å². The maximum Gasteiger partial charge on any atom is 0.301 e. The van der Waals surface area contributed by atoms with Crippen molar-refractivity contribution < 1.29 is 5.03 Å². The molecular formula is C7H5N5O2. The summed E-state index contributed by atoms with van der Waals surface area (Å²) in [6.45, 7) is 0. The van der Waals surface area contributed by atoms with Gasteiger partial charge in [0, 0.05) is 15.7 Å². The molecule has 14 heavy (non-hydrogen) atoms. The predicted molar refractivity (Wildman–Crippen MR) is 45.6 cm³/mol. The minimum absolute atomic E-state index is 0.238. The molecule has 0 aliphatic carbocycles. The Morgan fingerprint density at radius 1 is 1.29 bits per heavy atom. The number of rotatable bonds is 2. The van der Waals surface area contributed by atoms with Gasteiger partial charge in [0.25, 0.3) is 0 Å². The summed E-state index contributed by atoms with van der Waals surface area (Å²) >= 11 is 0. The lowest BCUT2D eigenvalue weighted by molar-refractivity contribution is -0.564. The third-order valence-corrected chi connectivity index (χ3v) is 1.58. The van der Waals surface area contributed by atoms with Crippen molar-refractivity contribution in [2.45, 2.75) is 0 Å². The summed E-state index contributed by atoms with van der Waals surface area (Å²) in [7, 11) is 0. The van der Waals surface area contributed by atoms with E-state index in [-0.39, 0.29) is 5.82 Å². The van der Waals surface area contributed by atoms with Gasteiger partial charge >= 0.3 is 5.82 Å². The lowest BCUT2D eigenvalue weighted by Crippen LogP contribution is -2.12. The standard InChI is InChI=1S/C7H5N5O2/c13-12(14)11-9-7(8-10-11)6-4-2-1-3-5-6/h1-5H. The van der Waals surface area contributed by atoms with Crippen LogP contribution in [0.4, 0.5) is 0 Å². The highest BCUT2D eigenvalue weighted by Crippen LogP contribution is 2.11. The molecule has 0 N–H and O–H groups in total. The van der Waals surface area contributed by atoms with Gasteiger partial charge in [-0.15, -0.1) is 0 Å². The smallest absolute Gasteiger partial charge is 0.301 e. The van der Waals surface area contributed by atoms with Crippen molar-refractivity contribution in [1.82, 2.24) is 20.3 Å². The normalized spacial score (nSPS) is 10.0. The second-order valence-corrected chi connectivity index (χ2v) is 2.49. The topological polar surface area (TPSA) is 86.7 Å². The van der Waals surface area contributed by atoms with E-state index in [1.807, 2.05) is 6.07 Å². The molecule has 0 atom stereocenters. The van der Waals surface area contributed by atoms with Crippen LogP contribution in [0.15, 0.2) is 30.3 Å². The van der Waals surface area contributed by atoms with E-state index >= 15 is 0 Å². The van der Waals surface area contributed by atoms with Gasteiger partial charge in [0.05, 0.1) is 0 Å². The predicted octanol–water partition coefficient (Wildman–Crippen LogP) is 0.380. The van der Waals surface area contributed by atoms with E-state index in [9.17, 15) is 10.1 Å². The van der Waals surface area contributed by atoms with Gasteiger partial charge in [-0.2, -0.15) is 0 Å². The van der Waals surface area contributed by atoms with E-state index in [2.05, 4.69) is 15.4 Å². The number of hydrogen-bond donors (Lipinski definition) is 0. The van der Waals surface area contributed by atoms with Crippen LogP contribution in [0.2, 0.25) is 0 Å². The summed E-state index contributed by atoms with van der Waals surface area (Å²) in [4.78, 5) is 10.6. The Labute approximate surface area is 78.1 Å². The second-order valence-electron chi connectivity index (χ2n) is 2.49. The van der Waals surface area contributed by atoms with E-state index in [0.29, 0.717) is 10.5 Å². The molecule has 0 radical (unpaired) electrons. The van der Waals surface area contributed by atoms with Gasteiger partial charge in [0.1, 0.15) is 5.21 Å². The van der Waals surface area contributed by atoms with Crippen molar-refractivity contribution in [3.8, 4) is 11.4 Å². The fraction of sp³-hybridized carbons (Fsp3) is 0. The zero-order chi connectivity index (χ0) is 9.97. The second kappa shape index (κ2) is 3.21. The van der Waals surface area contributed by atoms with Crippen LogP contribution in [0.1, 0.15) is 0 Å². The van der Waals surface area contributed by atoms with Crippen molar-refractivity contribution >= 4 is 0 Å². The lowest BCUT2D eigenvalue weighted by atomic mass is 10.2. The van der Waals surface area contributed by atoms with E-state index < -0.39 is 5.03 Å². The summed E-state index contributed by atoms with van der Waals surface area (Å²) in [5, 5.41) is 19.9. The molecule has 7 heteroatoms. The van der Waals surface area contributed by atoms with Gasteiger partial charge in [0.15, 0.2) is 4.91 Å². The summed E-state index contributed by atoms with van der Waals surface area (Å²) < 4.78 is 0.